The number of aryl methyl sites for hydroxylation is 1. The van der Waals surface area contributed by atoms with Gasteiger partial charge in [-0.25, -0.2) is 4.98 Å². The number of hydrogen-bond acceptors (Lipinski definition) is 5. The zero-order chi connectivity index (χ0) is 16.4. The zero-order valence-electron chi connectivity index (χ0n) is 12.4. The first-order valence-electron chi connectivity index (χ1n) is 7.04. The number of hydrogen-bond donors (Lipinski definition) is 1. The van der Waals surface area contributed by atoms with Crippen molar-refractivity contribution in [3.8, 4) is 5.75 Å². The molecule has 1 heterocycles. The number of benzene rings is 2. The van der Waals surface area contributed by atoms with Gasteiger partial charge in [0.1, 0.15) is 5.75 Å². The van der Waals surface area contributed by atoms with Crippen LogP contribution in [0.4, 0.5) is 0 Å². The number of ketones is 1. The Labute approximate surface area is 147 Å². The summed E-state index contributed by atoms with van der Waals surface area (Å²) < 4.78 is 2.00. The third-order valence-corrected chi connectivity index (χ3v) is 5.75. The molecule has 0 spiro atoms. The quantitative estimate of drug-likeness (QED) is 0.491. The molecular weight excluding hydrogens is 350 g/mol. The molecule has 6 heteroatoms. The molecule has 1 aromatic heterocycles. The predicted octanol–water partition coefficient (Wildman–Crippen LogP) is 5.33. The number of carbonyl (C=O) groups excluding carboxylic acids is 1. The van der Waals surface area contributed by atoms with E-state index in [1.807, 2.05) is 25.1 Å². The SMILES string of the molecule is Cc1ccc(O)c(C(=O)CCSc2nc3cc(Cl)ccc3s2)c1. The summed E-state index contributed by atoms with van der Waals surface area (Å²) in [5.41, 5.74) is 2.23. The highest BCUT2D eigenvalue weighted by atomic mass is 35.5. The maximum absolute atomic E-state index is 12.2. The fourth-order valence-corrected chi connectivity index (χ4v) is 4.40. The zero-order valence-corrected chi connectivity index (χ0v) is 14.8. The molecule has 0 bridgehead atoms. The van der Waals surface area contributed by atoms with Crippen LogP contribution in [0.25, 0.3) is 10.2 Å². The molecule has 0 amide bonds. The highest BCUT2D eigenvalue weighted by Crippen LogP contribution is 2.31. The maximum atomic E-state index is 12.2. The van der Waals surface area contributed by atoms with Crippen molar-refractivity contribution >= 4 is 50.7 Å². The Balaban J connectivity index is 1.64. The third kappa shape index (κ3) is 3.86. The molecule has 1 N–H and O–H groups in total. The Kier molecular flexibility index (Phi) is 4.90. The molecule has 0 aliphatic carbocycles. The van der Waals surface area contributed by atoms with E-state index in [-0.39, 0.29) is 11.5 Å². The number of rotatable bonds is 5. The molecule has 0 fully saturated rings. The number of nitrogens with zero attached hydrogens (tertiary/aromatic N) is 1. The highest BCUT2D eigenvalue weighted by molar-refractivity contribution is 8.01. The van der Waals surface area contributed by atoms with Crippen LogP contribution in [0.1, 0.15) is 22.3 Å². The van der Waals surface area contributed by atoms with Crippen molar-refractivity contribution in [3.63, 3.8) is 0 Å². The van der Waals surface area contributed by atoms with Gasteiger partial charge in [-0.2, -0.15) is 0 Å². The molecule has 3 nitrogen and oxygen atoms in total. The van der Waals surface area contributed by atoms with Gasteiger partial charge in [-0.1, -0.05) is 35.0 Å². The Morgan fingerprint density at radius 2 is 2.13 bits per heavy atom. The molecule has 0 aliphatic rings. The first kappa shape index (κ1) is 16.3. The molecule has 0 saturated carbocycles. The lowest BCUT2D eigenvalue weighted by Gasteiger charge is -2.04. The van der Waals surface area contributed by atoms with Crippen LogP contribution in [0, 0.1) is 6.92 Å². The fourth-order valence-electron chi connectivity index (χ4n) is 2.18. The number of carbonyl (C=O) groups is 1. The van der Waals surface area contributed by atoms with Crippen molar-refractivity contribution in [3.05, 3.63) is 52.5 Å². The summed E-state index contributed by atoms with van der Waals surface area (Å²) in [7, 11) is 0. The van der Waals surface area contributed by atoms with Gasteiger partial charge in [0.25, 0.3) is 0 Å². The fraction of sp³-hybridized carbons (Fsp3) is 0.176. The lowest BCUT2D eigenvalue weighted by molar-refractivity contribution is 0.0987. The van der Waals surface area contributed by atoms with Gasteiger partial charge >= 0.3 is 0 Å². The number of phenolic OH excluding ortho intramolecular Hbond substituents is 1. The minimum atomic E-state index is -0.0529. The topological polar surface area (TPSA) is 50.2 Å². The maximum Gasteiger partial charge on any atom is 0.167 e. The van der Waals surface area contributed by atoms with Crippen molar-refractivity contribution in [2.45, 2.75) is 17.7 Å². The van der Waals surface area contributed by atoms with Crippen LogP contribution in [0.5, 0.6) is 5.75 Å². The molecule has 0 atom stereocenters. The minimum absolute atomic E-state index is 0.0419. The highest BCUT2D eigenvalue weighted by Gasteiger charge is 2.12. The van der Waals surface area contributed by atoms with Crippen LogP contribution in [0.15, 0.2) is 40.7 Å². The summed E-state index contributed by atoms with van der Waals surface area (Å²) >= 11 is 9.10. The average molecular weight is 364 g/mol. The van der Waals surface area contributed by atoms with E-state index < -0.39 is 0 Å². The molecule has 2 aromatic carbocycles. The van der Waals surface area contributed by atoms with E-state index in [1.54, 1.807) is 41.3 Å². The molecule has 118 valence electrons. The summed E-state index contributed by atoms with van der Waals surface area (Å²) in [6.07, 6.45) is 0.359. The Hall–Kier alpha value is -1.56. The largest absolute Gasteiger partial charge is 0.507 e. The third-order valence-electron chi connectivity index (χ3n) is 3.34. The van der Waals surface area contributed by atoms with E-state index in [0.717, 1.165) is 20.1 Å². The van der Waals surface area contributed by atoms with E-state index in [4.69, 9.17) is 11.6 Å². The van der Waals surface area contributed by atoms with Crippen LogP contribution >= 0.6 is 34.7 Å². The number of thiazole rings is 1. The van der Waals surface area contributed by atoms with Crippen molar-refractivity contribution < 1.29 is 9.90 Å². The molecule has 23 heavy (non-hydrogen) atoms. The van der Waals surface area contributed by atoms with E-state index in [1.165, 1.54) is 0 Å². The molecule has 0 unspecified atom stereocenters. The lowest BCUT2D eigenvalue weighted by Crippen LogP contribution is -2.01. The van der Waals surface area contributed by atoms with Gasteiger partial charge in [0, 0.05) is 17.2 Å². The second-order valence-electron chi connectivity index (χ2n) is 5.13. The summed E-state index contributed by atoms with van der Waals surface area (Å²) in [6, 6.07) is 10.7. The van der Waals surface area contributed by atoms with Crippen LogP contribution in [-0.4, -0.2) is 21.6 Å². The van der Waals surface area contributed by atoms with Gasteiger partial charge in [-0.15, -0.1) is 11.3 Å². The summed E-state index contributed by atoms with van der Waals surface area (Å²) in [4.78, 5) is 16.7. The van der Waals surface area contributed by atoms with Gasteiger partial charge in [0.05, 0.1) is 15.8 Å². The summed E-state index contributed by atoms with van der Waals surface area (Å²) in [5, 5.41) is 10.5. The van der Waals surface area contributed by atoms with Gasteiger partial charge < -0.3 is 5.11 Å². The normalized spacial score (nSPS) is 11.0. The van der Waals surface area contributed by atoms with E-state index in [2.05, 4.69) is 4.98 Å². The summed E-state index contributed by atoms with van der Waals surface area (Å²) in [5.74, 6) is 0.614. The van der Waals surface area contributed by atoms with Gasteiger partial charge in [0.2, 0.25) is 0 Å². The number of fused-ring (bicyclic) bond motifs is 1. The smallest absolute Gasteiger partial charge is 0.167 e. The molecule has 3 rings (SSSR count). The molecule has 0 radical (unpaired) electrons. The van der Waals surface area contributed by atoms with Crippen molar-refractivity contribution in [2.24, 2.45) is 0 Å². The van der Waals surface area contributed by atoms with E-state index in [0.29, 0.717) is 22.8 Å². The van der Waals surface area contributed by atoms with Crippen molar-refractivity contribution in [1.29, 1.82) is 0 Å². The van der Waals surface area contributed by atoms with Crippen LogP contribution < -0.4 is 0 Å². The van der Waals surface area contributed by atoms with Gasteiger partial charge in [-0.05, 0) is 37.3 Å². The van der Waals surface area contributed by atoms with Gasteiger partial charge in [0.15, 0.2) is 10.1 Å². The molecule has 3 aromatic rings. The molecule has 0 aliphatic heterocycles. The minimum Gasteiger partial charge on any atom is -0.507 e. The van der Waals surface area contributed by atoms with Crippen LogP contribution in [-0.2, 0) is 0 Å². The Morgan fingerprint density at radius 3 is 2.96 bits per heavy atom. The number of Topliss-reactive ketones (excluding diaryl/α,β-unsaturated/α-hetero) is 1. The predicted molar refractivity (Wildman–Crippen MR) is 97.1 cm³/mol. The number of phenols is 1. The van der Waals surface area contributed by atoms with Crippen molar-refractivity contribution in [1.82, 2.24) is 4.98 Å². The number of aromatic hydroxyl groups is 1. The van der Waals surface area contributed by atoms with Gasteiger partial charge in [-0.3, -0.25) is 4.79 Å². The first-order chi connectivity index (χ1) is 11.0. The van der Waals surface area contributed by atoms with Crippen LogP contribution in [0.3, 0.4) is 0 Å². The molecular formula is C17H14ClNO2S2. The van der Waals surface area contributed by atoms with Crippen molar-refractivity contribution in [2.75, 3.05) is 5.75 Å². The molecule has 0 saturated heterocycles. The second kappa shape index (κ2) is 6.91. The van der Waals surface area contributed by atoms with Crippen LogP contribution in [0.2, 0.25) is 5.02 Å². The number of halogens is 1. The van der Waals surface area contributed by atoms with E-state index >= 15 is 0 Å². The number of thioether (sulfide) groups is 1. The Bertz CT molecular complexity index is 876. The Morgan fingerprint density at radius 1 is 1.30 bits per heavy atom. The lowest BCUT2D eigenvalue weighted by atomic mass is 10.1. The average Bonchev–Trinajstić information content (AvgIpc) is 2.91. The first-order valence-corrected chi connectivity index (χ1v) is 9.22. The standard InChI is InChI=1S/C17H14ClNO2S2/c1-10-2-4-14(20)12(8-10)15(21)6-7-22-17-19-13-9-11(18)3-5-16(13)23-17/h2-5,8-9,20H,6-7H2,1H3. The van der Waals surface area contributed by atoms with E-state index in [9.17, 15) is 9.90 Å². The summed E-state index contributed by atoms with van der Waals surface area (Å²) in [6.45, 7) is 1.90. The monoisotopic (exact) mass is 363 g/mol. The second-order valence-corrected chi connectivity index (χ2v) is 7.94. The number of aromatic nitrogens is 1.